The summed E-state index contributed by atoms with van der Waals surface area (Å²) in [6, 6.07) is 11.7. The van der Waals surface area contributed by atoms with E-state index in [0.29, 0.717) is 17.4 Å². The highest BCUT2D eigenvalue weighted by atomic mass is 32.2. The Bertz CT molecular complexity index is 1150. The Morgan fingerprint density at radius 1 is 1.08 bits per heavy atom. The minimum atomic E-state index is -1.54. The van der Waals surface area contributed by atoms with E-state index in [0.717, 1.165) is 22.3 Å². The van der Waals surface area contributed by atoms with Crippen LogP contribution >= 0.6 is 11.8 Å². The smallest absolute Gasteiger partial charge is 0.258 e. The Morgan fingerprint density at radius 2 is 1.74 bits per heavy atom. The van der Waals surface area contributed by atoms with Crippen LogP contribution in [0.2, 0.25) is 0 Å². The first-order valence-corrected chi connectivity index (χ1v) is 13.9. The molecule has 3 N–H and O–H groups in total. The number of nitrogens with one attached hydrogen (secondary N) is 2. The van der Waals surface area contributed by atoms with Crippen molar-refractivity contribution in [3.05, 3.63) is 64.7 Å². The Hall–Kier alpha value is -3.04. The Kier molecular flexibility index (Phi) is 9.84. The van der Waals surface area contributed by atoms with Gasteiger partial charge in [0, 0.05) is 11.3 Å². The van der Waals surface area contributed by atoms with Gasteiger partial charge >= 0.3 is 0 Å². The standard InChI is InChI=1S/C29H39N3O5S/c1-18-12-13-19(2)26(20(18)3)37-15-24(33)30-22(14-21-10-8-7-9-11-21)25(34)28(36)32-17-38-16-23(32)27(35)31-29(4,5)6/h7-13,22-23,25,34H,14-17H2,1-6H3,(H,30,33)(H,31,35)/t22-,23-,25-/m0/s1. The van der Waals surface area contributed by atoms with E-state index < -0.39 is 35.5 Å². The van der Waals surface area contributed by atoms with Crippen molar-refractivity contribution in [2.24, 2.45) is 0 Å². The molecule has 0 unspecified atom stereocenters. The first-order valence-electron chi connectivity index (χ1n) is 12.8. The molecule has 0 bridgehead atoms. The van der Waals surface area contributed by atoms with E-state index in [-0.39, 0.29) is 18.9 Å². The number of aliphatic hydroxyl groups is 1. The van der Waals surface area contributed by atoms with Crippen LogP contribution in [0.4, 0.5) is 0 Å². The molecule has 206 valence electrons. The molecule has 8 nitrogen and oxygen atoms in total. The second kappa shape index (κ2) is 12.7. The highest BCUT2D eigenvalue weighted by Crippen LogP contribution is 2.26. The lowest BCUT2D eigenvalue weighted by Gasteiger charge is -2.31. The minimum absolute atomic E-state index is 0.238. The van der Waals surface area contributed by atoms with Crippen LogP contribution in [-0.2, 0) is 20.8 Å². The monoisotopic (exact) mass is 541 g/mol. The molecule has 2 aromatic carbocycles. The highest BCUT2D eigenvalue weighted by Gasteiger charge is 2.40. The Balaban J connectivity index is 1.75. The van der Waals surface area contributed by atoms with Gasteiger partial charge < -0.3 is 25.4 Å². The summed E-state index contributed by atoms with van der Waals surface area (Å²) in [7, 11) is 0. The topological polar surface area (TPSA) is 108 Å². The van der Waals surface area contributed by atoms with Crippen LogP contribution in [0.1, 0.15) is 43.0 Å². The summed E-state index contributed by atoms with van der Waals surface area (Å²) >= 11 is 1.46. The van der Waals surface area contributed by atoms with Crippen molar-refractivity contribution in [3.63, 3.8) is 0 Å². The number of benzene rings is 2. The maximum absolute atomic E-state index is 13.4. The number of hydrogen-bond donors (Lipinski definition) is 3. The molecule has 9 heteroatoms. The Morgan fingerprint density at radius 3 is 2.39 bits per heavy atom. The summed E-state index contributed by atoms with van der Waals surface area (Å²) in [5.41, 5.74) is 3.34. The molecule has 1 aliphatic heterocycles. The number of rotatable bonds is 9. The lowest BCUT2D eigenvalue weighted by molar-refractivity contribution is -0.147. The van der Waals surface area contributed by atoms with Crippen molar-refractivity contribution in [3.8, 4) is 5.75 Å². The molecular formula is C29H39N3O5S. The highest BCUT2D eigenvalue weighted by molar-refractivity contribution is 7.99. The third-order valence-electron chi connectivity index (χ3n) is 6.47. The zero-order chi connectivity index (χ0) is 28.0. The summed E-state index contributed by atoms with van der Waals surface area (Å²) in [6.45, 7) is 11.2. The number of thioether (sulfide) groups is 1. The molecule has 0 aromatic heterocycles. The SMILES string of the molecule is Cc1ccc(C)c(OCC(=O)N[C@@H](Cc2ccccc2)[C@H](O)C(=O)N2CSC[C@H]2C(=O)NC(C)(C)C)c1C. The van der Waals surface area contributed by atoms with E-state index in [4.69, 9.17) is 4.74 Å². The average molecular weight is 542 g/mol. The molecule has 3 atom stereocenters. The molecule has 38 heavy (non-hydrogen) atoms. The second-order valence-corrected chi connectivity index (χ2v) is 11.8. The van der Waals surface area contributed by atoms with Gasteiger partial charge in [0.25, 0.3) is 11.8 Å². The van der Waals surface area contributed by atoms with Crippen LogP contribution in [0.15, 0.2) is 42.5 Å². The first kappa shape index (κ1) is 29.5. The van der Waals surface area contributed by atoms with Crippen LogP contribution < -0.4 is 15.4 Å². The molecule has 1 saturated heterocycles. The quantitative estimate of drug-likeness (QED) is 0.451. The average Bonchev–Trinajstić information content (AvgIpc) is 3.35. The number of aliphatic hydroxyl groups excluding tert-OH is 1. The van der Waals surface area contributed by atoms with Gasteiger partial charge in [0.05, 0.1) is 11.9 Å². The van der Waals surface area contributed by atoms with Crippen molar-refractivity contribution < 1.29 is 24.2 Å². The van der Waals surface area contributed by atoms with Gasteiger partial charge in [-0.1, -0.05) is 42.5 Å². The van der Waals surface area contributed by atoms with Gasteiger partial charge in [-0.3, -0.25) is 14.4 Å². The zero-order valence-electron chi connectivity index (χ0n) is 23.0. The third kappa shape index (κ3) is 7.74. The molecule has 1 aliphatic rings. The fourth-order valence-electron chi connectivity index (χ4n) is 4.32. The fourth-order valence-corrected chi connectivity index (χ4v) is 5.48. The number of carbonyl (C=O) groups is 3. The van der Waals surface area contributed by atoms with Crippen LogP contribution in [0.3, 0.4) is 0 Å². The molecule has 0 saturated carbocycles. The predicted octanol–water partition coefficient (Wildman–Crippen LogP) is 2.90. The molecule has 1 fully saturated rings. The second-order valence-electron chi connectivity index (χ2n) is 10.8. The molecule has 0 radical (unpaired) electrons. The van der Waals surface area contributed by atoms with Crippen molar-refractivity contribution >= 4 is 29.5 Å². The number of nitrogens with zero attached hydrogens (tertiary/aromatic N) is 1. The number of aryl methyl sites for hydroxylation is 2. The number of hydrogen-bond acceptors (Lipinski definition) is 6. The Labute approximate surface area is 229 Å². The third-order valence-corrected chi connectivity index (χ3v) is 7.48. The van der Waals surface area contributed by atoms with E-state index in [1.165, 1.54) is 16.7 Å². The van der Waals surface area contributed by atoms with Crippen LogP contribution in [-0.4, -0.2) is 69.7 Å². The summed E-state index contributed by atoms with van der Waals surface area (Å²) in [5, 5.41) is 16.9. The number of ether oxygens (including phenoxy) is 1. The van der Waals surface area contributed by atoms with E-state index in [1.807, 2.05) is 84.0 Å². The van der Waals surface area contributed by atoms with Crippen molar-refractivity contribution in [1.29, 1.82) is 0 Å². The fraction of sp³-hybridized carbons (Fsp3) is 0.483. The number of carbonyl (C=O) groups excluding carboxylic acids is 3. The zero-order valence-corrected chi connectivity index (χ0v) is 23.9. The van der Waals surface area contributed by atoms with Gasteiger partial charge in [-0.25, -0.2) is 0 Å². The minimum Gasteiger partial charge on any atom is -0.483 e. The maximum Gasteiger partial charge on any atom is 0.258 e. The van der Waals surface area contributed by atoms with Crippen LogP contribution in [0, 0.1) is 20.8 Å². The molecule has 3 rings (SSSR count). The lowest BCUT2D eigenvalue weighted by atomic mass is 9.99. The summed E-state index contributed by atoms with van der Waals surface area (Å²) in [5.74, 6) is 0.0906. The van der Waals surface area contributed by atoms with E-state index >= 15 is 0 Å². The predicted molar refractivity (Wildman–Crippen MR) is 150 cm³/mol. The van der Waals surface area contributed by atoms with E-state index in [2.05, 4.69) is 10.6 Å². The summed E-state index contributed by atoms with van der Waals surface area (Å²) in [4.78, 5) is 40.7. The van der Waals surface area contributed by atoms with Gasteiger partial charge in [0.1, 0.15) is 11.8 Å². The van der Waals surface area contributed by atoms with Gasteiger partial charge in [0.15, 0.2) is 12.7 Å². The lowest BCUT2D eigenvalue weighted by Crippen LogP contribution is -2.58. The molecule has 1 heterocycles. The maximum atomic E-state index is 13.4. The van der Waals surface area contributed by atoms with E-state index in [9.17, 15) is 19.5 Å². The van der Waals surface area contributed by atoms with Gasteiger partial charge in [0.2, 0.25) is 5.91 Å². The van der Waals surface area contributed by atoms with Crippen LogP contribution in [0.5, 0.6) is 5.75 Å². The molecule has 2 aromatic rings. The number of amides is 3. The van der Waals surface area contributed by atoms with Gasteiger partial charge in [-0.05, 0) is 70.2 Å². The van der Waals surface area contributed by atoms with E-state index in [1.54, 1.807) is 0 Å². The summed E-state index contributed by atoms with van der Waals surface area (Å²) < 4.78 is 5.85. The normalized spacial score (nSPS) is 17.0. The largest absolute Gasteiger partial charge is 0.483 e. The van der Waals surface area contributed by atoms with Crippen molar-refractivity contribution in [2.75, 3.05) is 18.2 Å². The van der Waals surface area contributed by atoms with Gasteiger partial charge in [-0.2, -0.15) is 0 Å². The molecule has 0 aliphatic carbocycles. The van der Waals surface area contributed by atoms with Crippen LogP contribution in [0.25, 0.3) is 0 Å². The first-order chi connectivity index (χ1) is 17.9. The van der Waals surface area contributed by atoms with Gasteiger partial charge in [-0.15, -0.1) is 11.8 Å². The summed E-state index contributed by atoms with van der Waals surface area (Å²) in [6.07, 6.45) is -1.30. The molecular weight excluding hydrogens is 502 g/mol. The van der Waals surface area contributed by atoms with Crippen molar-refractivity contribution in [1.82, 2.24) is 15.5 Å². The molecule has 3 amide bonds. The molecule has 0 spiro atoms. The van der Waals surface area contributed by atoms with Crippen molar-refractivity contribution in [2.45, 2.75) is 71.7 Å².